The van der Waals surface area contributed by atoms with Gasteiger partial charge in [0.05, 0.1) is 29.1 Å². The number of hydrogen-bond acceptors (Lipinski definition) is 4. The lowest BCUT2D eigenvalue weighted by molar-refractivity contribution is 1.08. The van der Waals surface area contributed by atoms with Gasteiger partial charge in [-0.3, -0.25) is 4.98 Å². The van der Waals surface area contributed by atoms with E-state index in [0.29, 0.717) is 5.82 Å². The van der Waals surface area contributed by atoms with E-state index in [4.69, 9.17) is 0 Å². The highest BCUT2D eigenvalue weighted by Crippen LogP contribution is 2.35. The lowest BCUT2D eigenvalue weighted by Gasteiger charge is -2.08. The molecule has 4 nitrogen and oxygen atoms in total. The largest absolute Gasteiger partial charge is 0.306 e. The molecular weight excluding hydrogens is 364 g/mol. The van der Waals surface area contributed by atoms with Gasteiger partial charge in [-0.2, -0.15) is 0 Å². The second-order valence-electron chi connectivity index (χ2n) is 6.69. The van der Waals surface area contributed by atoms with E-state index in [1.807, 2.05) is 24.5 Å². The van der Waals surface area contributed by atoms with E-state index in [-0.39, 0.29) is 0 Å². The van der Waals surface area contributed by atoms with Crippen LogP contribution in [0.2, 0.25) is 0 Å². The van der Waals surface area contributed by atoms with Gasteiger partial charge in [0, 0.05) is 33.4 Å². The van der Waals surface area contributed by atoms with Crippen LogP contribution < -0.4 is 0 Å². The summed E-state index contributed by atoms with van der Waals surface area (Å²) in [5.74, 6) is 0.679. The molecule has 2 aromatic carbocycles. The fourth-order valence-corrected chi connectivity index (χ4v) is 4.59. The fourth-order valence-electron chi connectivity index (χ4n) is 3.78. The molecule has 0 aliphatic heterocycles. The van der Waals surface area contributed by atoms with Crippen molar-refractivity contribution in [2.24, 2.45) is 0 Å². The van der Waals surface area contributed by atoms with Gasteiger partial charge in [-0.05, 0) is 47.2 Å². The summed E-state index contributed by atoms with van der Waals surface area (Å²) in [6, 6.07) is 19.1. The van der Waals surface area contributed by atoms with Crippen LogP contribution in [0.25, 0.3) is 49.0 Å². The Bertz CT molecular complexity index is 1450. The van der Waals surface area contributed by atoms with E-state index < -0.39 is 0 Å². The van der Waals surface area contributed by atoms with Gasteiger partial charge in [-0.15, -0.1) is 11.3 Å². The van der Waals surface area contributed by atoms with Crippen molar-refractivity contribution in [1.29, 1.82) is 0 Å². The first-order valence-electron chi connectivity index (χ1n) is 9.02. The summed E-state index contributed by atoms with van der Waals surface area (Å²) in [6.07, 6.45) is 7.31. The van der Waals surface area contributed by atoms with Gasteiger partial charge >= 0.3 is 0 Å². The summed E-state index contributed by atoms with van der Waals surface area (Å²) < 4.78 is 3.55. The summed E-state index contributed by atoms with van der Waals surface area (Å²) in [6.45, 7) is 0. The van der Waals surface area contributed by atoms with Gasteiger partial charge in [0.1, 0.15) is 0 Å². The molecule has 5 heteroatoms. The molecule has 6 rings (SSSR count). The molecule has 0 bridgehead atoms. The Labute approximate surface area is 164 Å². The van der Waals surface area contributed by atoms with Gasteiger partial charge in [0.15, 0.2) is 5.82 Å². The highest BCUT2D eigenvalue weighted by atomic mass is 32.1. The summed E-state index contributed by atoms with van der Waals surface area (Å²) in [5.41, 5.74) is 4.20. The average molecular weight is 378 g/mol. The van der Waals surface area contributed by atoms with Crippen molar-refractivity contribution in [1.82, 2.24) is 19.5 Å². The molecule has 0 fully saturated rings. The third-order valence-electron chi connectivity index (χ3n) is 5.06. The van der Waals surface area contributed by atoms with Gasteiger partial charge in [0.2, 0.25) is 0 Å². The van der Waals surface area contributed by atoms with E-state index >= 15 is 0 Å². The first-order chi connectivity index (χ1) is 13.9. The van der Waals surface area contributed by atoms with Crippen molar-refractivity contribution in [3.8, 4) is 17.1 Å². The topological polar surface area (TPSA) is 43.6 Å². The maximum Gasteiger partial charge on any atom is 0.160 e. The van der Waals surface area contributed by atoms with Gasteiger partial charge in [-0.25, -0.2) is 9.97 Å². The molecule has 0 atom stereocenters. The predicted molar refractivity (Wildman–Crippen MR) is 115 cm³/mol. The van der Waals surface area contributed by atoms with Gasteiger partial charge < -0.3 is 4.57 Å². The molecule has 0 saturated heterocycles. The number of para-hydroxylation sites is 1. The summed E-state index contributed by atoms with van der Waals surface area (Å²) in [4.78, 5) is 13.4. The Morgan fingerprint density at radius 3 is 2.54 bits per heavy atom. The zero-order valence-corrected chi connectivity index (χ0v) is 15.6. The van der Waals surface area contributed by atoms with E-state index in [2.05, 4.69) is 67.4 Å². The molecule has 0 amide bonds. The number of aromatic nitrogens is 4. The first-order valence-corrected chi connectivity index (χ1v) is 9.90. The lowest BCUT2D eigenvalue weighted by atomic mass is 10.1. The van der Waals surface area contributed by atoms with Crippen molar-refractivity contribution in [2.75, 3.05) is 0 Å². The van der Waals surface area contributed by atoms with Crippen LogP contribution in [-0.2, 0) is 0 Å². The normalized spacial score (nSPS) is 11.6. The van der Waals surface area contributed by atoms with Crippen LogP contribution in [-0.4, -0.2) is 19.5 Å². The van der Waals surface area contributed by atoms with Crippen LogP contribution in [0.4, 0.5) is 0 Å². The van der Waals surface area contributed by atoms with Crippen LogP contribution in [0, 0.1) is 0 Å². The van der Waals surface area contributed by atoms with Crippen molar-refractivity contribution >= 4 is 43.2 Å². The molecule has 0 aliphatic rings. The number of pyridine rings is 1. The van der Waals surface area contributed by atoms with E-state index in [9.17, 15) is 0 Å². The average Bonchev–Trinajstić information content (AvgIpc) is 3.35. The van der Waals surface area contributed by atoms with Gasteiger partial charge in [0.25, 0.3) is 0 Å². The van der Waals surface area contributed by atoms with E-state index in [1.54, 1.807) is 23.7 Å². The Hall–Kier alpha value is -3.57. The second kappa shape index (κ2) is 5.97. The number of hydrogen-bond donors (Lipinski definition) is 0. The Morgan fingerprint density at radius 1 is 0.786 bits per heavy atom. The maximum absolute atomic E-state index is 4.60. The smallest absolute Gasteiger partial charge is 0.160 e. The van der Waals surface area contributed by atoms with Crippen molar-refractivity contribution in [3.05, 3.63) is 84.8 Å². The molecule has 0 aliphatic carbocycles. The monoisotopic (exact) mass is 378 g/mol. The number of thiophene rings is 1. The summed E-state index contributed by atoms with van der Waals surface area (Å²) >= 11 is 1.78. The molecule has 0 unspecified atom stereocenters. The van der Waals surface area contributed by atoms with Crippen molar-refractivity contribution < 1.29 is 0 Å². The zero-order valence-electron chi connectivity index (χ0n) is 14.8. The van der Waals surface area contributed by atoms with Crippen LogP contribution >= 0.6 is 11.3 Å². The second-order valence-corrected chi connectivity index (χ2v) is 7.63. The highest BCUT2D eigenvalue weighted by molar-refractivity contribution is 7.17. The van der Waals surface area contributed by atoms with Crippen LogP contribution in [0.15, 0.2) is 84.8 Å². The Kier molecular flexibility index (Phi) is 3.30. The molecule has 28 heavy (non-hydrogen) atoms. The minimum Gasteiger partial charge on any atom is -0.306 e. The summed E-state index contributed by atoms with van der Waals surface area (Å²) in [5, 5.41) is 5.89. The molecule has 0 radical (unpaired) electrons. The van der Waals surface area contributed by atoms with E-state index in [1.165, 1.54) is 26.4 Å². The van der Waals surface area contributed by atoms with Crippen LogP contribution in [0.3, 0.4) is 0 Å². The van der Waals surface area contributed by atoms with Crippen LogP contribution in [0.1, 0.15) is 0 Å². The van der Waals surface area contributed by atoms with Crippen LogP contribution in [0.5, 0.6) is 0 Å². The SMILES string of the molecule is c1cncc(-c2ncc(-n3c4ccccc4c4cc5sccc5cc43)cn2)c1. The summed E-state index contributed by atoms with van der Waals surface area (Å²) in [7, 11) is 0. The predicted octanol–water partition coefficient (Wildman–Crippen LogP) is 5.85. The van der Waals surface area contributed by atoms with Gasteiger partial charge in [-0.1, -0.05) is 18.2 Å². The Balaban J connectivity index is 1.62. The molecule has 0 N–H and O–H groups in total. The number of benzene rings is 2. The van der Waals surface area contributed by atoms with Crippen molar-refractivity contribution in [3.63, 3.8) is 0 Å². The fraction of sp³-hybridized carbons (Fsp3) is 0. The third kappa shape index (κ3) is 2.27. The minimum atomic E-state index is 0.679. The molecular formula is C23H14N4S. The Morgan fingerprint density at radius 2 is 1.68 bits per heavy atom. The molecule has 0 spiro atoms. The molecule has 0 saturated carbocycles. The number of rotatable bonds is 2. The third-order valence-corrected chi connectivity index (χ3v) is 5.94. The molecule has 132 valence electrons. The lowest BCUT2D eigenvalue weighted by Crippen LogP contribution is -1.97. The van der Waals surface area contributed by atoms with Crippen molar-refractivity contribution in [2.45, 2.75) is 0 Å². The molecule has 6 aromatic rings. The molecule has 4 heterocycles. The standard InChI is InChI=1S/C23H14N4S/c1-2-6-20-18(5-1)19-11-22-15(7-9-28-22)10-21(19)27(20)17-13-25-23(26-14-17)16-4-3-8-24-12-16/h1-14H. The highest BCUT2D eigenvalue weighted by Gasteiger charge is 2.14. The molecule has 4 aromatic heterocycles. The zero-order chi connectivity index (χ0) is 18.5. The van der Waals surface area contributed by atoms with E-state index in [0.717, 1.165) is 16.8 Å². The maximum atomic E-state index is 4.60. The quantitative estimate of drug-likeness (QED) is 0.379. The number of nitrogens with zero attached hydrogens (tertiary/aromatic N) is 4. The number of fused-ring (bicyclic) bond motifs is 4. The first kappa shape index (κ1) is 15.5. The minimum absolute atomic E-state index is 0.679.